The maximum Gasteiger partial charge on any atom is 0.0223 e. The number of rotatable bonds is 9. The van der Waals surface area contributed by atoms with Crippen molar-refractivity contribution in [1.82, 2.24) is 0 Å². The molecular weight excluding hydrogens is 379 g/mol. The minimum absolute atomic E-state index is 0.505. The van der Waals surface area contributed by atoms with E-state index in [0.29, 0.717) is 8.84 Å². The van der Waals surface area contributed by atoms with Crippen LogP contribution < -0.4 is 0 Å². The molecule has 1 aromatic rings. The minimum atomic E-state index is 0.505. The van der Waals surface area contributed by atoms with Crippen molar-refractivity contribution in [3.05, 3.63) is 34.9 Å². The Labute approximate surface area is 151 Å². The molecule has 1 fully saturated rings. The molecule has 1 saturated carbocycles. The van der Waals surface area contributed by atoms with Crippen molar-refractivity contribution in [2.75, 3.05) is 0 Å². The van der Waals surface area contributed by atoms with Gasteiger partial charge in [-0.05, 0) is 74.8 Å². The van der Waals surface area contributed by atoms with Gasteiger partial charge in [0, 0.05) is 3.42 Å². The van der Waals surface area contributed by atoms with Crippen LogP contribution in [0, 0.1) is 12.3 Å². The van der Waals surface area contributed by atoms with Gasteiger partial charge >= 0.3 is 0 Å². The molecule has 124 valence electrons. The van der Waals surface area contributed by atoms with Crippen LogP contribution >= 0.6 is 22.6 Å². The molecule has 0 atom stereocenters. The van der Waals surface area contributed by atoms with E-state index in [0.717, 1.165) is 0 Å². The van der Waals surface area contributed by atoms with Crippen LogP contribution in [-0.4, -0.2) is 3.42 Å². The van der Waals surface area contributed by atoms with Gasteiger partial charge in [0.05, 0.1) is 0 Å². The van der Waals surface area contributed by atoms with Gasteiger partial charge in [-0.25, -0.2) is 0 Å². The third-order valence-electron chi connectivity index (χ3n) is 5.36. The lowest BCUT2D eigenvalue weighted by Crippen LogP contribution is -2.09. The number of benzene rings is 1. The van der Waals surface area contributed by atoms with E-state index >= 15 is 0 Å². The molecule has 1 aliphatic rings. The van der Waals surface area contributed by atoms with E-state index in [1.54, 1.807) is 11.1 Å². The maximum atomic E-state index is 2.67. The van der Waals surface area contributed by atoms with E-state index in [9.17, 15) is 0 Å². The molecule has 0 saturated heterocycles. The van der Waals surface area contributed by atoms with Crippen molar-refractivity contribution >= 4 is 22.6 Å². The molecule has 0 amide bonds. The number of aryl methyl sites for hydroxylation is 3. The van der Waals surface area contributed by atoms with Crippen LogP contribution in [0.15, 0.2) is 18.2 Å². The highest BCUT2D eigenvalue weighted by molar-refractivity contribution is 14.1. The Morgan fingerprint density at radius 1 is 1.05 bits per heavy atom. The molecular formula is C21H33I. The Morgan fingerprint density at radius 3 is 2.18 bits per heavy atom. The monoisotopic (exact) mass is 412 g/mol. The smallest absolute Gasteiger partial charge is 0.0223 e. The largest absolute Gasteiger partial charge is 0.0789 e. The van der Waals surface area contributed by atoms with Crippen molar-refractivity contribution in [3.63, 3.8) is 0 Å². The molecule has 22 heavy (non-hydrogen) atoms. The normalized spacial score (nSPS) is 16.8. The van der Waals surface area contributed by atoms with Gasteiger partial charge in [-0.2, -0.15) is 0 Å². The molecule has 0 radical (unpaired) electrons. The van der Waals surface area contributed by atoms with Crippen LogP contribution in [0.25, 0.3) is 0 Å². The maximum absolute atomic E-state index is 2.67. The molecule has 1 aromatic carbocycles. The molecule has 0 aromatic heterocycles. The van der Waals surface area contributed by atoms with Gasteiger partial charge in [0.15, 0.2) is 0 Å². The summed E-state index contributed by atoms with van der Waals surface area (Å²) in [6.07, 6.45) is 12.1. The van der Waals surface area contributed by atoms with E-state index in [1.165, 1.54) is 63.4 Å². The van der Waals surface area contributed by atoms with Crippen LogP contribution in [0.5, 0.6) is 0 Å². The summed E-state index contributed by atoms with van der Waals surface area (Å²) in [7, 11) is 0. The molecule has 0 heterocycles. The summed E-state index contributed by atoms with van der Waals surface area (Å²) in [4.78, 5) is 0. The van der Waals surface area contributed by atoms with Crippen molar-refractivity contribution < 1.29 is 0 Å². The quantitative estimate of drug-likeness (QED) is 0.301. The second-order valence-electron chi connectivity index (χ2n) is 8.20. The zero-order chi connectivity index (χ0) is 16.2. The van der Waals surface area contributed by atoms with E-state index in [4.69, 9.17) is 0 Å². The average molecular weight is 412 g/mol. The van der Waals surface area contributed by atoms with Gasteiger partial charge in [-0.3, -0.25) is 0 Å². The predicted octanol–water partition coefficient (Wildman–Crippen LogP) is 7.04. The Balaban J connectivity index is 1.83. The second-order valence-corrected chi connectivity index (χ2v) is 10.5. The van der Waals surface area contributed by atoms with Gasteiger partial charge in [-0.1, -0.05) is 73.5 Å². The van der Waals surface area contributed by atoms with E-state index in [1.807, 2.05) is 0 Å². The summed E-state index contributed by atoms with van der Waals surface area (Å²) in [5.41, 5.74) is 5.06. The van der Waals surface area contributed by atoms with Crippen LogP contribution in [0.4, 0.5) is 0 Å². The molecule has 0 N–H and O–H groups in total. The zero-order valence-corrected chi connectivity index (χ0v) is 17.1. The minimum Gasteiger partial charge on any atom is -0.0789 e. The first kappa shape index (κ1) is 18.3. The van der Waals surface area contributed by atoms with Gasteiger partial charge < -0.3 is 0 Å². The third-order valence-corrected chi connectivity index (χ3v) is 6.97. The summed E-state index contributed by atoms with van der Waals surface area (Å²) in [5.74, 6) is 0. The lowest BCUT2D eigenvalue weighted by Gasteiger charge is -2.22. The molecule has 0 spiro atoms. The highest BCUT2D eigenvalue weighted by Gasteiger charge is 2.38. The summed E-state index contributed by atoms with van der Waals surface area (Å²) < 4.78 is 0.677. The van der Waals surface area contributed by atoms with Crippen molar-refractivity contribution in [1.29, 1.82) is 0 Å². The first-order chi connectivity index (χ1) is 10.3. The molecule has 1 heteroatoms. The zero-order valence-electron chi connectivity index (χ0n) is 15.0. The average Bonchev–Trinajstić information content (AvgIpc) is 3.16. The summed E-state index contributed by atoms with van der Waals surface area (Å²) >= 11 is 2.67. The van der Waals surface area contributed by atoms with Gasteiger partial charge in [0.1, 0.15) is 0 Å². The Hall–Kier alpha value is -0.0500. The topological polar surface area (TPSA) is 0 Å². The molecule has 0 nitrogen and oxygen atoms in total. The highest BCUT2D eigenvalue weighted by atomic mass is 127. The van der Waals surface area contributed by atoms with Crippen molar-refractivity contribution in [3.8, 4) is 0 Å². The van der Waals surface area contributed by atoms with Crippen LogP contribution in [0.1, 0.15) is 82.4 Å². The number of hydrogen-bond donors (Lipinski definition) is 0. The lowest BCUT2D eigenvalue weighted by molar-refractivity contribution is 0.313. The van der Waals surface area contributed by atoms with E-state index < -0.39 is 0 Å². The fraction of sp³-hybridized carbons (Fsp3) is 0.714. The molecule has 1 aliphatic carbocycles. The predicted molar refractivity (Wildman–Crippen MR) is 107 cm³/mol. The summed E-state index contributed by atoms with van der Waals surface area (Å²) in [6, 6.07) is 7.26. The standard InChI is InChI=1S/C21H33I/c1-5-20(3,4)10-6-8-18-14-17(2)15-19(16-18)9-7-11-21(22)12-13-21/h14-16H,5-13H2,1-4H3. The van der Waals surface area contributed by atoms with Crippen LogP contribution in [0.3, 0.4) is 0 Å². The van der Waals surface area contributed by atoms with E-state index in [-0.39, 0.29) is 0 Å². The summed E-state index contributed by atoms with van der Waals surface area (Å²) in [5, 5.41) is 0. The fourth-order valence-corrected chi connectivity index (χ4v) is 3.83. The van der Waals surface area contributed by atoms with Gasteiger partial charge in [-0.15, -0.1) is 0 Å². The Bertz CT molecular complexity index is 483. The third kappa shape index (κ3) is 6.22. The van der Waals surface area contributed by atoms with Gasteiger partial charge in [0.2, 0.25) is 0 Å². The van der Waals surface area contributed by atoms with Crippen LogP contribution in [-0.2, 0) is 12.8 Å². The summed E-state index contributed by atoms with van der Waals surface area (Å²) in [6.45, 7) is 9.35. The van der Waals surface area contributed by atoms with E-state index in [2.05, 4.69) is 68.5 Å². The number of halogens is 1. The van der Waals surface area contributed by atoms with Crippen molar-refractivity contribution in [2.45, 2.75) is 88.9 Å². The first-order valence-electron chi connectivity index (χ1n) is 9.10. The van der Waals surface area contributed by atoms with Crippen LogP contribution in [0.2, 0.25) is 0 Å². The number of alkyl halides is 1. The second kappa shape index (κ2) is 7.68. The molecule has 2 rings (SSSR count). The lowest BCUT2D eigenvalue weighted by atomic mass is 9.84. The molecule has 0 unspecified atom stereocenters. The van der Waals surface area contributed by atoms with Crippen molar-refractivity contribution in [2.24, 2.45) is 5.41 Å². The fourth-order valence-electron chi connectivity index (χ4n) is 3.18. The van der Waals surface area contributed by atoms with Gasteiger partial charge in [0.25, 0.3) is 0 Å². The SMILES string of the molecule is CCC(C)(C)CCCc1cc(C)cc(CCCC2(I)CC2)c1. The molecule has 0 aliphatic heterocycles. The highest BCUT2D eigenvalue weighted by Crippen LogP contribution is 2.48. The Kier molecular flexibility index (Phi) is 6.39. The molecule has 0 bridgehead atoms. The first-order valence-corrected chi connectivity index (χ1v) is 10.2. The number of hydrogen-bond acceptors (Lipinski definition) is 0. The Morgan fingerprint density at radius 2 is 1.64 bits per heavy atom.